The Morgan fingerprint density at radius 1 is 1.29 bits per heavy atom. The van der Waals surface area contributed by atoms with E-state index < -0.39 is 0 Å². The smallest absolute Gasteiger partial charge is 0.0555 e. The van der Waals surface area contributed by atoms with Crippen LogP contribution >= 0.6 is 11.6 Å². The second-order valence-electron chi connectivity index (χ2n) is 7.36. The van der Waals surface area contributed by atoms with Gasteiger partial charge in [-0.2, -0.15) is 0 Å². The first kappa shape index (κ1) is 18.6. The average molecular weight is 309 g/mol. The Morgan fingerprint density at radius 2 is 1.95 bits per heavy atom. The van der Waals surface area contributed by atoms with Crippen LogP contribution in [0, 0.1) is 5.41 Å². The van der Waals surface area contributed by atoms with Gasteiger partial charge in [0.2, 0.25) is 0 Å². The van der Waals surface area contributed by atoms with Crippen molar-refractivity contribution < 1.29 is 0 Å². The van der Waals surface area contributed by atoms with Gasteiger partial charge in [-0.25, -0.2) is 0 Å². The standard InChI is InChI=1S/C20H33Cl/c1-7-15(2)13-18(21)14-16(3)10-11-19-17(4)9-8-12-20(19,5)6/h7,14,18H,8-13H2,1-6H3/b15-7+,16-14+. The molecule has 0 aromatic rings. The lowest BCUT2D eigenvalue weighted by Gasteiger charge is -2.35. The summed E-state index contributed by atoms with van der Waals surface area (Å²) in [6.07, 6.45) is 11.7. The van der Waals surface area contributed by atoms with Gasteiger partial charge in [-0.15, -0.1) is 11.6 Å². The molecule has 0 saturated carbocycles. The highest BCUT2D eigenvalue weighted by Gasteiger charge is 2.27. The van der Waals surface area contributed by atoms with Crippen molar-refractivity contribution in [1.82, 2.24) is 0 Å². The van der Waals surface area contributed by atoms with Crippen molar-refractivity contribution in [3.05, 3.63) is 34.4 Å². The summed E-state index contributed by atoms with van der Waals surface area (Å²) in [6.45, 7) is 13.6. The summed E-state index contributed by atoms with van der Waals surface area (Å²) >= 11 is 6.43. The van der Waals surface area contributed by atoms with Crippen LogP contribution in [0.25, 0.3) is 0 Å². The Hall–Kier alpha value is -0.490. The number of rotatable bonds is 6. The van der Waals surface area contributed by atoms with Crippen molar-refractivity contribution in [3.63, 3.8) is 0 Å². The molecule has 0 saturated heterocycles. The third kappa shape index (κ3) is 6.02. The van der Waals surface area contributed by atoms with E-state index >= 15 is 0 Å². The highest BCUT2D eigenvalue weighted by atomic mass is 35.5. The van der Waals surface area contributed by atoms with Crippen molar-refractivity contribution in [2.45, 2.75) is 85.4 Å². The third-order valence-corrected chi connectivity index (χ3v) is 5.21. The van der Waals surface area contributed by atoms with Gasteiger partial charge < -0.3 is 0 Å². The highest BCUT2D eigenvalue weighted by Crippen LogP contribution is 2.42. The maximum atomic E-state index is 6.43. The van der Waals surface area contributed by atoms with E-state index in [-0.39, 0.29) is 5.38 Å². The maximum absolute atomic E-state index is 6.43. The van der Waals surface area contributed by atoms with E-state index in [2.05, 4.69) is 53.7 Å². The summed E-state index contributed by atoms with van der Waals surface area (Å²) in [6, 6.07) is 0. The van der Waals surface area contributed by atoms with Crippen LogP contribution in [0.5, 0.6) is 0 Å². The summed E-state index contributed by atoms with van der Waals surface area (Å²) in [5, 5.41) is 0.135. The first-order valence-corrected chi connectivity index (χ1v) is 8.82. The lowest BCUT2D eigenvalue weighted by Crippen LogP contribution is -2.20. The zero-order chi connectivity index (χ0) is 16.0. The predicted molar refractivity (Wildman–Crippen MR) is 97.0 cm³/mol. The fourth-order valence-electron chi connectivity index (χ4n) is 3.43. The SMILES string of the molecule is C/C=C(\C)CC(Cl)/C=C(\C)CCC1=C(C)CCCC1(C)C. The number of halogens is 1. The number of hydrogen-bond donors (Lipinski definition) is 0. The number of allylic oxidation sites excluding steroid dienone is 6. The van der Waals surface area contributed by atoms with E-state index in [1.165, 1.54) is 36.8 Å². The molecule has 1 aliphatic carbocycles. The van der Waals surface area contributed by atoms with Crippen LogP contribution in [0.15, 0.2) is 34.4 Å². The van der Waals surface area contributed by atoms with Gasteiger partial charge in [-0.3, -0.25) is 0 Å². The fourth-order valence-corrected chi connectivity index (χ4v) is 3.88. The van der Waals surface area contributed by atoms with E-state index in [0.29, 0.717) is 5.41 Å². The average Bonchev–Trinajstić information content (AvgIpc) is 2.36. The van der Waals surface area contributed by atoms with Crippen LogP contribution in [0.1, 0.15) is 80.1 Å². The molecule has 1 heteroatoms. The molecule has 21 heavy (non-hydrogen) atoms. The molecule has 0 N–H and O–H groups in total. The van der Waals surface area contributed by atoms with Crippen LogP contribution in [0.4, 0.5) is 0 Å². The lowest BCUT2D eigenvalue weighted by atomic mass is 9.71. The second-order valence-corrected chi connectivity index (χ2v) is 7.93. The fraction of sp³-hybridized carbons (Fsp3) is 0.700. The molecule has 0 heterocycles. The van der Waals surface area contributed by atoms with E-state index in [1.807, 2.05) is 0 Å². The summed E-state index contributed by atoms with van der Waals surface area (Å²) in [5.74, 6) is 0. The van der Waals surface area contributed by atoms with Gasteiger partial charge in [-0.05, 0) is 71.6 Å². The molecule has 0 nitrogen and oxygen atoms in total. The Kier molecular flexibility index (Phi) is 7.27. The minimum Gasteiger partial charge on any atom is -0.118 e. The summed E-state index contributed by atoms with van der Waals surface area (Å²) in [5.41, 5.74) is 6.51. The van der Waals surface area contributed by atoms with Crippen LogP contribution in [-0.2, 0) is 0 Å². The Bertz CT molecular complexity index is 435. The molecule has 1 unspecified atom stereocenters. The topological polar surface area (TPSA) is 0 Å². The molecule has 0 aromatic carbocycles. The molecular weight excluding hydrogens is 276 g/mol. The summed E-state index contributed by atoms with van der Waals surface area (Å²) in [7, 11) is 0. The molecule has 1 rings (SSSR count). The first-order chi connectivity index (χ1) is 9.76. The molecule has 1 atom stereocenters. The van der Waals surface area contributed by atoms with Crippen molar-refractivity contribution >= 4 is 11.6 Å². The minimum absolute atomic E-state index is 0.135. The molecule has 0 spiro atoms. The van der Waals surface area contributed by atoms with E-state index in [1.54, 1.807) is 11.1 Å². The van der Waals surface area contributed by atoms with Gasteiger partial charge in [0.25, 0.3) is 0 Å². The molecule has 0 amide bonds. The van der Waals surface area contributed by atoms with Crippen LogP contribution < -0.4 is 0 Å². The molecular formula is C20H33Cl. The minimum atomic E-state index is 0.135. The van der Waals surface area contributed by atoms with Crippen LogP contribution in [0.3, 0.4) is 0 Å². The van der Waals surface area contributed by atoms with Crippen LogP contribution in [0.2, 0.25) is 0 Å². The van der Waals surface area contributed by atoms with E-state index in [9.17, 15) is 0 Å². The lowest BCUT2D eigenvalue weighted by molar-refractivity contribution is 0.354. The maximum Gasteiger partial charge on any atom is 0.0555 e. The van der Waals surface area contributed by atoms with Gasteiger partial charge in [0.05, 0.1) is 5.38 Å². The molecule has 0 aliphatic heterocycles. The van der Waals surface area contributed by atoms with E-state index in [0.717, 1.165) is 12.8 Å². The van der Waals surface area contributed by atoms with Gasteiger partial charge in [0, 0.05) is 0 Å². The highest BCUT2D eigenvalue weighted by molar-refractivity contribution is 6.21. The Morgan fingerprint density at radius 3 is 2.52 bits per heavy atom. The van der Waals surface area contributed by atoms with Gasteiger partial charge in [0.1, 0.15) is 0 Å². The molecule has 0 radical (unpaired) electrons. The quantitative estimate of drug-likeness (QED) is 0.359. The zero-order valence-electron chi connectivity index (χ0n) is 14.9. The second kappa shape index (κ2) is 8.22. The van der Waals surface area contributed by atoms with Crippen molar-refractivity contribution in [3.8, 4) is 0 Å². The first-order valence-electron chi connectivity index (χ1n) is 8.38. The van der Waals surface area contributed by atoms with Crippen LogP contribution in [-0.4, -0.2) is 5.38 Å². The number of alkyl halides is 1. The van der Waals surface area contributed by atoms with Gasteiger partial charge in [0.15, 0.2) is 0 Å². The monoisotopic (exact) mass is 308 g/mol. The van der Waals surface area contributed by atoms with Crippen molar-refractivity contribution in [1.29, 1.82) is 0 Å². The van der Waals surface area contributed by atoms with Gasteiger partial charge >= 0.3 is 0 Å². The third-order valence-electron chi connectivity index (χ3n) is 4.93. The zero-order valence-corrected chi connectivity index (χ0v) is 15.6. The normalized spacial score (nSPS) is 21.7. The molecule has 0 fully saturated rings. The summed E-state index contributed by atoms with van der Waals surface area (Å²) < 4.78 is 0. The van der Waals surface area contributed by atoms with Gasteiger partial charge in [-0.1, -0.05) is 48.3 Å². The Labute approximate surface area is 137 Å². The Balaban J connectivity index is 2.61. The van der Waals surface area contributed by atoms with E-state index in [4.69, 9.17) is 11.6 Å². The molecule has 120 valence electrons. The number of hydrogen-bond acceptors (Lipinski definition) is 0. The molecule has 0 aromatic heterocycles. The largest absolute Gasteiger partial charge is 0.118 e. The predicted octanol–water partition coefficient (Wildman–Crippen LogP) is 7.20. The van der Waals surface area contributed by atoms with Crippen molar-refractivity contribution in [2.24, 2.45) is 5.41 Å². The molecule has 0 bridgehead atoms. The van der Waals surface area contributed by atoms with Crippen molar-refractivity contribution in [2.75, 3.05) is 0 Å². The summed E-state index contributed by atoms with van der Waals surface area (Å²) in [4.78, 5) is 0. The molecule has 1 aliphatic rings.